The van der Waals surface area contributed by atoms with Gasteiger partial charge in [-0.25, -0.2) is 4.57 Å². The molecule has 0 radical (unpaired) electrons. The number of phosphoric ester groups is 1. The zero-order chi connectivity index (χ0) is 31.3. The van der Waals surface area contributed by atoms with Gasteiger partial charge in [-0.05, 0) is 19.3 Å². The normalized spacial score (nSPS) is 13.4. The Morgan fingerprint density at radius 3 is 1.60 bits per heavy atom. The standard InChI is InChI=1S/C30H58NO10P/c1-2-3-4-5-6-7-8-9-10-11-12-15-18-21-29(34)38-25-27(26-40-42(36,37)39-24-23-31)41-30(35)22-19-16-13-14-17-20-28(32)33/h27H,2-26,31H2,1H3,(H,32,33)(H,36,37)/t27-/m1/s1. The number of carbonyl (C=O) groups excluding carboxylic acids is 2. The molecule has 0 rings (SSSR count). The van der Waals surface area contributed by atoms with Gasteiger partial charge < -0.3 is 25.2 Å². The van der Waals surface area contributed by atoms with Crippen LogP contribution in [0.25, 0.3) is 0 Å². The van der Waals surface area contributed by atoms with Crippen LogP contribution < -0.4 is 5.73 Å². The molecule has 0 aromatic rings. The van der Waals surface area contributed by atoms with E-state index in [0.717, 1.165) is 38.5 Å². The molecule has 0 amide bonds. The quantitative estimate of drug-likeness (QED) is 0.0420. The SMILES string of the molecule is CCCCCCCCCCCCCCCC(=O)OC[C@H](COP(=O)(O)OCCN)OC(=O)CCCCCCCC(=O)O. The first-order valence-electron chi connectivity index (χ1n) is 16.1. The smallest absolute Gasteiger partial charge is 0.472 e. The molecule has 0 aromatic carbocycles. The maximum atomic E-state index is 12.3. The molecular formula is C30H58NO10P. The van der Waals surface area contributed by atoms with Crippen molar-refractivity contribution in [3.8, 4) is 0 Å². The molecule has 0 aliphatic carbocycles. The number of rotatable bonds is 31. The number of esters is 2. The van der Waals surface area contributed by atoms with E-state index < -0.39 is 38.4 Å². The number of carboxylic acids is 1. The van der Waals surface area contributed by atoms with Crippen LogP contribution in [0.2, 0.25) is 0 Å². The lowest BCUT2D eigenvalue weighted by atomic mass is 10.0. The predicted molar refractivity (Wildman–Crippen MR) is 162 cm³/mol. The summed E-state index contributed by atoms with van der Waals surface area (Å²) in [4.78, 5) is 44.8. The van der Waals surface area contributed by atoms with E-state index in [1.165, 1.54) is 57.8 Å². The van der Waals surface area contributed by atoms with E-state index >= 15 is 0 Å². The summed E-state index contributed by atoms with van der Waals surface area (Å²) in [5.41, 5.74) is 5.28. The minimum absolute atomic E-state index is 0.0272. The van der Waals surface area contributed by atoms with Crippen molar-refractivity contribution in [3.05, 3.63) is 0 Å². The van der Waals surface area contributed by atoms with E-state index in [9.17, 15) is 23.8 Å². The van der Waals surface area contributed by atoms with Crippen molar-refractivity contribution in [3.63, 3.8) is 0 Å². The van der Waals surface area contributed by atoms with E-state index in [-0.39, 0.29) is 39.0 Å². The van der Waals surface area contributed by atoms with Gasteiger partial charge in [0.1, 0.15) is 6.61 Å². The summed E-state index contributed by atoms with van der Waals surface area (Å²) in [5, 5.41) is 8.66. The first-order valence-corrected chi connectivity index (χ1v) is 17.6. The summed E-state index contributed by atoms with van der Waals surface area (Å²) in [6.07, 6.45) is 18.6. The Morgan fingerprint density at radius 2 is 1.12 bits per heavy atom. The maximum absolute atomic E-state index is 12.3. The van der Waals surface area contributed by atoms with Gasteiger partial charge >= 0.3 is 25.7 Å². The highest BCUT2D eigenvalue weighted by Gasteiger charge is 2.25. The third-order valence-corrected chi connectivity index (χ3v) is 7.76. The predicted octanol–water partition coefficient (Wildman–Crippen LogP) is 6.83. The van der Waals surface area contributed by atoms with Crippen molar-refractivity contribution < 1.29 is 47.5 Å². The Hall–Kier alpha value is -1.52. The second-order valence-corrected chi connectivity index (χ2v) is 12.3. The topological polar surface area (TPSA) is 172 Å². The van der Waals surface area contributed by atoms with Crippen LogP contribution in [-0.4, -0.2) is 60.4 Å². The molecule has 11 nitrogen and oxygen atoms in total. The largest absolute Gasteiger partial charge is 0.481 e. The molecule has 0 bridgehead atoms. The van der Waals surface area contributed by atoms with Crippen LogP contribution in [0.4, 0.5) is 0 Å². The first kappa shape index (κ1) is 40.5. The lowest BCUT2D eigenvalue weighted by Crippen LogP contribution is -2.29. The van der Waals surface area contributed by atoms with Crippen molar-refractivity contribution in [2.24, 2.45) is 5.73 Å². The number of aliphatic carboxylic acids is 1. The van der Waals surface area contributed by atoms with Crippen molar-refractivity contribution >= 4 is 25.7 Å². The van der Waals surface area contributed by atoms with Crippen LogP contribution in [-0.2, 0) is 37.5 Å². The fourth-order valence-corrected chi connectivity index (χ4v) is 5.13. The summed E-state index contributed by atoms with van der Waals surface area (Å²) in [6.45, 7) is 1.30. The molecule has 0 saturated carbocycles. The molecule has 0 fully saturated rings. The zero-order valence-electron chi connectivity index (χ0n) is 25.9. The Morgan fingerprint density at radius 1 is 0.667 bits per heavy atom. The molecular weight excluding hydrogens is 565 g/mol. The van der Waals surface area contributed by atoms with Crippen LogP contribution >= 0.6 is 7.82 Å². The third kappa shape index (κ3) is 28.6. The van der Waals surface area contributed by atoms with E-state index in [1.807, 2.05) is 0 Å². The van der Waals surface area contributed by atoms with Gasteiger partial charge in [-0.15, -0.1) is 0 Å². The number of carboxylic acid groups (broad SMARTS) is 1. The summed E-state index contributed by atoms with van der Waals surface area (Å²) in [7, 11) is -4.40. The number of carbonyl (C=O) groups is 3. The van der Waals surface area contributed by atoms with Gasteiger partial charge in [0.25, 0.3) is 0 Å². The number of ether oxygens (including phenoxy) is 2. The summed E-state index contributed by atoms with van der Waals surface area (Å²) in [6, 6.07) is 0. The second kappa shape index (κ2) is 28.3. The van der Waals surface area contributed by atoms with Gasteiger partial charge in [-0.3, -0.25) is 23.4 Å². The van der Waals surface area contributed by atoms with Gasteiger partial charge in [-0.1, -0.05) is 103 Å². The number of hydrogen-bond acceptors (Lipinski definition) is 9. The van der Waals surface area contributed by atoms with Crippen LogP contribution in [0, 0.1) is 0 Å². The highest BCUT2D eigenvalue weighted by atomic mass is 31.2. The number of hydrogen-bond donors (Lipinski definition) is 3. The molecule has 4 N–H and O–H groups in total. The monoisotopic (exact) mass is 623 g/mol. The highest BCUT2D eigenvalue weighted by molar-refractivity contribution is 7.47. The second-order valence-electron chi connectivity index (χ2n) is 10.8. The van der Waals surface area contributed by atoms with Gasteiger partial charge in [0, 0.05) is 25.8 Å². The summed E-state index contributed by atoms with van der Waals surface area (Å²) < 4.78 is 32.2. The van der Waals surface area contributed by atoms with Crippen LogP contribution in [0.15, 0.2) is 0 Å². The Bertz CT molecular complexity index is 737. The molecule has 0 heterocycles. The fourth-order valence-electron chi connectivity index (χ4n) is 4.36. The molecule has 1 unspecified atom stereocenters. The van der Waals surface area contributed by atoms with Crippen LogP contribution in [0.1, 0.15) is 142 Å². The highest BCUT2D eigenvalue weighted by Crippen LogP contribution is 2.43. The molecule has 248 valence electrons. The Balaban J connectivity index is 4.24. The summed E-state index contributed by atoms with van der Waals surface area (Å²) in [5.74, 6) is -1.79. The number of unbranched alkanes of at least 4 members (excludes halogenated alkanes) is 16. The number of phosphoric acid groups is 1. The molecule has 42 heavy (non-hydrogen) atoms. The third-order valence-electron chi connectivity index (χ3n) is 6.78. The van der Waals surface area contributed by atoms with E-state index in [1.54, 1.807) is 0 Å². The van der Waals surface area contributed by atoms with Crippen LogP contribution in [0.5, 0.6) is 0 Å². The van der Waals surface area contributed by atoms with E-state index in [2.05, 4.69) is 6.92 Å². The molecule has 0 spiro atoms. The summed E-state index contributed by atoms with van der Waals surface area (Å²) >= 11 is 0. The maximum Gasteiger partial charge on any atom is 0.472 e. The van der Waals surface area contributed by atoms with Gasteiger partial charge in [0.2, 0.25) is 0 Å². The van der Waals surface area contributed by atoms with E-state index in [0.29, 0.717) is 19.3 Å². The van der Waals surface area contributed by atoms with Crippen molar-refractivity contribution in [1.29, 1.82) is 0 Å². The lowest BCUT2D eigenvalue weighted by molar-refractivity contribution is -0.161. The Kier molecular flexibility index (Phi) is 27.2. The molecule has 0 aliphatic heterocycles. The van der Waals surface area contributed by atoms with Crippen molar-refractivity contribution in [1.82, 2.24) is 0 Å². The van der Waals surface area contributed by atoms with Crippen LogP contribution in [0.3, 0.4) is 0 Å². The minimum atomic E-state index is -4.40. The Labute approximate surface area is 253 Å². The van der Waals surface area contributed by atoms with E-state index in [4.69, 9.17) is 29.4 Å². The average molecular weight is 624 g/mol. The molecule has 0 saturated heterocycles. The molecule has 0 aromatic heterocycles. The number of nitrogens with two attached hydrogens (primary N) is 1. The lowest BCUT2D eigenvalue weighted by Gasteiger charge is -2.19. The van der Waals surface area contributed by atoms with Crippen molar-refractivity contribution in [2.45, 2.75) is 148 Å². The van der Waals surface area contributed by atoms with Crippen molar-refractivity contribution in [2.75, 3.05) is 26.4 Å². The van der Waals surface area contributed by atoms with Gasteiger partial charge in [0.05, 0.1) is 13.2 Å². The minimum Gasteiger partial charge on any atom is -0.481 e. The first-order chi connectivity index (χ1) is 20.2. The fraction of sp³-hybridized carbons (Fsp3) is 0.900. The average Bonchev–Trinajstić information content (AvgIpc) is 2.95. The van der Waals surface area contributed by atoms with Gasteiger partial charge in [-0.2, -0.15) is 0 Å². The zero-order valence-corrected chi connectivity index (χ0v) is 26.8. The van der Waals surface area contributed by atoms with Gasteiger partial charge in [0.15, 0.2) is 6.10 Å². The molecule has 0 aliphatic rings. The molecule has 12 heteroatoms. The molecule has 2 atom stereocenters.